The number of carbonyl (C=O) groups excluding carboxylic acids is 1. The molecule has 0 bridgehead atoms. The van der Waals surface area contributed by atoms with Crippen LogP contribution in [0.25, 0.3) is 0 Å². The van der Waals surface area contributed by atoms with Crippen molar-refractivity contribution in [3.05, 3.63) is 11.6 Å². The van der Waals surface area contributed by atoms with Gasteiger partial charge in [-0.3, -0.25) is 0 Å². The number of aromatic nitrogens is 3. The molecule has 0 fully saturated rings. The summed E-state index contributed by atoms with van der Waals surface area (Å²) in [6.45, 7) is 4.93. The molecule has 0 spiro atoms. The van der Waals surface area contributed by atoms with Crippen LogP contribution in [0, 0.1) is 5.92 Å². The quantitative estimate of drug-likeness (QED) is 0.908. The van der Waals surface area contributed by atoms with E-state index in [1.165, 1.54) is 4.57 Å². The smallest absolute Gasteiger partial charge is 0.408 e. The molecular weight excluding hydrogens is 301 g/mol. The molecule has 1 N–H and O–H groups in total. The molecule has 124 valence electrons. The molecule has 0 saturated heterocycles. The maximum absolute atomic E-state index is 12.8. The topological polar surface area (TPSA) is 69.0 Å². The number of aryl methyl sites for hydroxylation is 1. The van der Waals surface area contributed by atoms with Crippen LogP contribution >= 0.6 is 0 Å². The highest BCUT2D eigenvalue weighted by atomic mass is 19.4. The SMILES string of the molecule is CC(C)(C)OC(=O)NCc1nnc2n1C[C@H](C(F)(F)F)CC2. The van der Waals surface area contributed by atoms with Gasteiger partial charge in [-0.2, -0.15) is 13.2 Å². The second kappa shape index (κ2) is 5.77. The van der Waals surface area contributed by atoms with Crippen LogP contribution in [0.1, 0.15) is 38.8 Å². The summed E-state index contributed by atoms with van der Waals surface area (Å²) >= 11 is 0. The summed E-state index contributed by atoms with van der Waals surface area (Å²) < 4.78 is 45.0. The minimum absolute atomic E-state index is 0.0150. The van der Waals surface area contributed by atoms with Gasteiger partial charge in [0.1, 0.15) is 11.4 Å². The van der Waals surface area contributed by atoms with E-state index in [9.17, 15) is 18.0 Å². The van der Waals surface area contributed by atoms with Crippen molar-refractivity contribution in [1.29, 1.82) is 0 Å². The van der Waals surface area contributed by atoms with Gasteiger partial charge in [0.05, 0.1) is 12.5 Å². The Morgan fingerprint density at radius 2 is 2.05 bits per heavy atom. The highest BCUT2D eigenvalue weighted by molar-refractivity contribution is 5.67. The number of hydrogen-bond acceptors (Lipinski definition) is 4. The predicted molar refractivity (Wildman–Crippen MR) is 71.0 cm³/mol. The Bertz CT molecular complexity index is 548. The molecule has 9 heteroatoms. The van der Waals surface area contributed by atoms with Gasteiger partial charge in [-0.15, -0.1) is 10.2 Å². The first-order chi connectivity index (χ1) is 10.1. The second-order valence-corrected chi connectivity index (χ2v) is 6.28. The standard InChI is InChI=1S/C13H19F3N4O2/c1-12(2,3)22-11(21)17-6-10-19-18-9-5-4-8(7-20(9)10)13(14,15)16/h8H,4-7H2,1-3H3,(H,17,21)/t8-/m1/s1. The summed E-state index contributed by atoms with van der Waals surface area (Å²) in [4.78, 5) is 11.6. The van der Waals surface area contributed by atoms with Crippen LogP contribution in [0.4, 0.5) is 18.0 Å². The molecule has 1 aliphatic heterocycles. The molecule has 1 atom stereocenters. The predicted octanol–water partition coefficient (Wildman–Crippen LogP) is 2.43. The molecular formula is C13H19F3N4O2. The molecule has 0 radical (unpaired) electrons. The number of ether oxygens (including phenoxy) is 1. The minimum atomic E-state index is -4.24. The van der Waals surface area contributed by atoms with Crippen LogP contribution in [0.5, 0.6) is 0 Å². The van der Waals surface area contributed by atoms with E-state index in [-0.39, 0.29) is 25.9 Å². The van der Waals surface area contributed by atoms with E-state index in [1.807, 2.05) is 0 Å². The fraction of sp³-hybridized carbons (Fsp3) is 0.769. The highest BCUT2D eigenvalue weighted by Gasteiger charge is 2.42. The molecule has 2 rings (SSSR count). The van der Waals surface area contributed by atoms with E-state index >= 15 is 0 Å². The van der Waals surface area contributed by atoms with Gasteiger partial charge in [-0.05, 0) is 27.2 Å². The summed E-state index contributed by atoms with van der Waals surface area (Å²) in [6, 6.07) is 0. The Kier molecular flexibility index (Phi) is 4.35. The minimum Gasteiger partial charge on any atom is -0.444 e. The number of hydrogen-bond donors (Lipinski definition) is 1. The van der Waals surface area contributed by atoms with E-state index in [0.29, 0.717) is 11.6 Å². The van der Waals surface area contributed by atoms with Crippen LogP contribution in [-0.2, 0) is 24.2 Å². The van der Waals surface area contributed by atoms with E-state index < -0.39 is 23.8 Å². The third-order valence-corrected chi connectivity index (χ3v) is 3.28. The van der Waals surface area contributed by atoms with Crippen LogP contribution < -0.4 is 5.32 Å². The molecule has 0 aliphatic carbocycles. The zero-order valence-electron chi connectivity index (χ0n) is 12.7. The fourth-order valence-corrected chi connectivity index (χ4v) is 2.25. The lowest BCUT2D eigenvalue weighted by Gasteiger charge is -2.26. The number of amides is 1. The van der Waals surface area contributed by atoms with Gasteiger partial charge in [0.15, 0.2) is 5.82 Å². The first-order valence-electron chi connectivity index (χ1n) is 7.01. The molecule has 1 aromatic heterocycles. The largest absolute Gasteiger partial charge is 0.444 e. The maximum Gasteiger partial charge on any atom is 0.408 e. The van der Waals surface area contributed by atoms with Crippen molar-refractivity contribution in [2.75, 3.05) is 0 Å². The third-order valence-electron chi connectivity index (χ3n) is 3.28. The Hall–Kier alpha value is -1.80. The van der Waals surface area contributed by atoms with Crippen molar-refractivity contribution < 1.29 is 22.7 Å². The molecule has 0 unspecified atom stereocenters. The number of fused-ring (bicyclic) bond motifs is 1. The van der Waals surface area contributed by atoms with E-state index in [4.69, 9.17) is 4.74 Å². The number of halogens is 3. The van der Waals surface area contributed by atoms with Crippen molar-refractivity contribution in [2.45, 2.75) is 58.5 Å². The average Bonchev–Trinajstić information content (AvgIpc) is 2.75. The van der Waals surface area contributed by atoms with Crippen molar-refractivity contribution in [3.63, 3.8) is 0 Å². The molecule has 1 aromatic rings. The maximum atomic E-state index is 12.8. The van der Waals surface area contributed by atoms with Crippen molar-refractivity contribution in [2.24, 2.45) is 5.92 Å². The van der Waals surface area contributed by atoms with Gasteiger partial charge >= 0.3 is 12.3 Å². The molecule has 1 aliphatic rings. The van der Waals surface area contributed by atoms with Gasteiger partial charge in [-0.25, -0.2) is 4.79 Å². The Morgan fingerprint density at radius 1 is 1.36 bits per heavy atom. The van der Waals surface area contributed by atoms with Crippen molar-refractivity contribution >= 4 is 6.09 Å². The normalized spacial score (nSPS) is 18.7. The van der Waals surface area contributed by atoms with Gasteiger partial charge in [0.2, 0.25) is 0 Å². The second-order valence-electron chi connectivity index (χ2n) is 6.28. The number of alkyl carbamates (subject to hydrolysis) is 1. The molecule has 2 heterocycles. The number of rotatable bonds is 2. The van der Waals surface area contributed by atoms with Crippen LogP contribution in [0.2, 0.25) is 0 Å². The van der Waals surface area contributed by atoms with E-state index in [1.54, 1.807) is 20.8 Å². The Morgan fingerprint density at radius 3 is 2.64 bits per heavy atom. The van der Waals surface area contributed by atoms with Gasteiger partial charge in [-0.1, -0.05) is 0 Å². The van der Waals surface area contributed by atoms with Gasteiger partial charge in [0, 0.05) is 13.0 Å². The Labute approximate surface area is 126 Å². The lowest BCUT2D eigenvalue weighted by Crippen LogP contribution is -2.35. The zero-order valence-corrected chi connectivity index (χ0v) is 12.7. The van der Waals surface area contributed by atoms with E-state index in [2.05, 4.69) is 15.5 Å². The lowest BCUT2D eigenvalue weighted by atomic mass is 9.99. The fourth-order valence-electron chi connectivity index (χ4n) is 2.25. The van der Waals surface area contributed by atoms with Crippen LogP contribution in [-0.4, -0.2) is 32.6 Å². The molecule has 0 saturated carbocycles. The summed E-state index contributed by atoms with van der Waals surface area (Å²) in [6.07, 6.45) is -4.64. The first kappa shape index (κ1) is 16.6. The Balaban J connectivity index is 2.00. The summed E-state index contributed by atoms with van der Waals surface area (Å²) in [7, 11) is 0. The van der Waals surface area contributed by atoms with Crippen LogP contribution in [0.3, 0.4) is 0 Å². The molecule has 6 nitrogen and oxygen atoms in total. The monoisotopic (exact) mass is 320 g/mol. The summed E-state index contributed by atoms with van der Waals surface area (Å²) in [5.74, 6) is -0.590. The van der Waals surface area contributed by atoms with Gasteiger partial charge < -0.3 is 14.6 Å². The van der Waals surface area contributed by atoms with E-state index in [0.717, 1.165) is 0 Å². The van der Waals surface area contributed by atoms with Gasteiger partial charge in [0.25, 0.3) is 0 Å². The summed E-state index contributed by atoms with van der Waals surface area (Å²) in [5, 5.41) is 10.2. The third kappa shape index (κ3) is 4.11. The highest BCUT2D eigenvalue weighted by Crippen LogP contribution is 2.34. The number of carbonyl (C=O) groups is 1. The number of alkyl halides is 3. The van der Waals surface area contributed by atoms with Crippen LogP contribution in [0.15, 0.2) is 0 Å². The molecule has 1 amide bonds. The number of nitrogens with zero attached hydrogens (tertiary/aromatic N) is 3. The average molecular weight is 320 g/mol. The number of nitrogens with one attached hydrogen (secondary N) is 1. The molecule has 22 heavy (non-hydrogen) atoms. The lowest BCUT2D eigenvalue weighted by molar-refractivity contribution is -0.182. The first-order valence-corrected chi connectivity index (χ1v) is 7.01. The van der Waals surface area contributed by atoms with Crippen molar-refractivity contribution in [1.82, 2.24) is 20.1 Å². The zero-order chi connectivity index (χ0) is 16.5. The summed E-state index contributed by atoms with van der Waals surface area (Å²) in [5.41, 5.74) is -0.643. The van der Waals surface area contributed by atoms with Crippen molar-refractivity contribution in [3.8, 4) is 0 Å². The molecule has 0 aromatic carbocycles.